The summed E-state index contributed by atoms with van der Waals surface area (Å²) in [5, 5.41) is 6.29. The molecule has 3 heterocycles. The summed E-state index contributed by atoms with van der Waals surface area (Å²) in [5.41, 5.74) is 0. The van der Waals surface area contributed by atoms with Gasteiger partial charge in [0.25, 0.3) is 0 Å². The molecule has 130 valence electrons. The fraction of sp³-hybridized carbons (Fsp3) is 0.643. The van der Waals surface area contributed by atoms with Gasteiger partial charge in [-0.3, -0.25) is 4.79 Å². The molecule has 3 rings (SSSR count). The number of halogens is 2. The quantitative estimate of drug-likeness (QED) is 0.808. The Morgan fingerprint density at radius 2 is 2.13 bits per heavy atom. The van der Waals surface area contributed by atoms with Crippen molar-refractivity contribution in [2.45, 2.75) is 24.9 Å². The maximum Gasteiger partial charge on any atom is 0.239 e. The standard InChI is InChI=1S/C14H21N5O2.2ClH/c20-13(12-10-21-8-6-15-12)18-11-3-1-7-19(9-11)14-16-4-2-5-17-14;;/h2,4-5,11-12,15H,1,3,6-10H2,(H,18,20);2*1H. The summed E-state index contributed by atoms with van der Waals surface area (Å²) in [4.78, 5) is 22.9. The van der Waals surface area contributed by atoms with Crippen LogP contribution in [0.5, 0.6) is 0 Å². The molecular weight excluding hydrogens is 341 g/mol. The van der Waals surface area contributed by atoms with E-state index in [1.807, 2.05) is 0 Å². The summed E-state index contributed by atoms with van der Waals surface area (Å²) in [6.07, 6.45) is 5.50. The maximum atomic E-state index is 12.2. The van der Waals surface area contributed by atoms with Crippen molar-refractivity contribution in [1.82, 2.24) is 20.6 Å². The molecule has 1 aromatic heterocycles. The molecule has 2 aliphatic heterocycles. The van der Waals surface area contributed by atoms with Crippen LogP contribution >= 0.6 is 24.8 Å². The Kier molecular flexibility index (Phi) is 8.54. The molecule has 9 heteroatoms. The molecule has 2 atom stereocenters. The predicted molar refractivity (Wildman–Crippen MR) is 92.5 cm³/mol. The van der Waals surface area contributed by atoms with Gasteiger partial charge in [0.2, 0.25) is 11.9 Å². The number of piperidine rings is 1. The largest absolute Gasteiger partial charge is 0.378 e. The minimum Gasteiger partial charge on any atom is -0.378 e. The van der Waals surface area contributed by atoms with Crippen LogP contribution in [0, 0.1) is 0 Å². The topological polar surface area (TPSA) is 79.4 Å². The Balaban J connectivity index is 0.00000132. The van der Waals surface area contributed by atoms with E-state index in [1.165, 1.54) is 0 Å². The Hall–Kier alpha value is -1.15. The molecule has 2 fully saturated rings. The van der Waals surface area contributed by atoms with Crippen molar-refractivity contribution in [3.05, 3.63) is 18.5 Å². The van der Waals surface area contributed by atoms with Gasteiger partial charge >= 0.3 is 0 Å². The molecule has 0 aliphatic carbocycles. The van der Waals surface area contributed by atoms with Crippen molar-refractivity contribution in [1.29, 1.82) is 0 Å². The van der Waals surface area contributed by atoms with Crippen LogP contribution < -0.4 is 15.5 Å². The number of carbonyl (C=O) groups is 1. The molecule has 2 saturated heterocycles. The van der Waals surface area contributed by atoms with Gasteiger partial charge in [-0.25, -0.2) is 9.97 Å². The lowest BCUT2D eigenvalue weighted by atomic mass is 10.1. The lowest BCUT2D eigenvalue weighted by Crippen LogP contribution is -2.56. The highest BCUT2D eigenvalue weighted by atomic mass is 35.5. The first kappa shape index (κ1) is 19.9. The number of amides is 1. The molecule has 7 nitrogen and oxygen atoms in total. The summed E-state index contributed by atoms with van der Waals surface area (Å²) in [7, 11) is 0. The van der Waals surface area contributed by atoms with Gasteiger partial charge in [0.05, 0.1) is 13.2 Å². The summed E-state index contributed by atoms with van der Waals surface area (Å²) >= 11 is 0. The summed E-state index contributed by atoms with van der Waals surface area (Å²) in [5.74, 6) is 0.756. The molecule has 1 aromatic rings. The van der Waals surface area contributed by atoms with Crippen LogP contribution in [0.1, 0.15) is 12.8 Å². The number of aromatic nitrogens is 2. The first-order valence-electron chi connectivity index (χ1n) is 7.46. The summed E-state index contributed by atoms with van der Waals surface area (Å²) < 4.78 is 5.33. The van der Waals surface area contributed by atoms with Gasteiger partial charge in [0.15, 0.2) is 0 Å². The second kappa shape index (κ2) is 9.87. The zero-order chi connectivity index (χ0) is 14.5. The number of carbonyl (C=O) groups excluding carboxylic acids is 1. The second-order valence-electron chi connectivity index (χ2n) is 5.42. The maximum absolute atomic E-state index is 12.2. The van der Waals surface area contributed by atoms with Crippen molar-refractivity contribution in [3.8, 4) is 0 Å². The van der Waals surface area contributed by atoms with Crippen LogP contribution in [0.25, 0.3) is 0 Å². The Bertz CT molecular complexity index is 473. The molecule has 2 aliphatic rings. The molecule has 1 amide bonds. The number of hydrogen-bond donors (Lipinski definition) is 2. The van der Waals surface area contributed by atoms with Crippen molar-refractivity contribution in [2.24, 2.45) is 0 Å². The van der Waals surface area contributed by atoms with Crippen molar-refractivity contribution in [2.75, 3.05) is 37.7 Å². The van der Waals surface area contributed by atoms with E-state index in [1.54, 1.807) is 18.5 Å². The average Bonchev–Trinajstić information content (AvgIpc) is 2.57. The van der Waals surface area contributed by atoms with Gasteiger partial charge in [-0.2, -0.15) is 0 Å². The molecular formula is C14H23Cl2N5O2. The zero-order valence-electron chi connectivity index (χ0n) is 12.8. The van der Waals surface area contributed by atoms with Crippen molar-refractivity contribution in [3.63, 3.8) is 0 Å². The van der Waals surface area contributed by atoms with Gasteiger partial charge in [0.1, 0.15) is 6.04 Å². The number of nitrogens with zero attached hydrogens (tertiary/aromatic N) is 3. The smallest absolute Gasteiger partial charge is 0.239 e. The van der Waals surface area contributed by atoms with Crippen LogP contribution in [-0.4, -0.2) is 60.8 Å². The molecule has 2 unspecified atom stereocenters. The van der Waals surface area contributed by atoms with Crippen LogP contribution in [-0.2, 0) is 9.53 Å². The van der Waals surface area contributed by atoms with Gasteiger partial charge in [-0.1, -0.05) is 0 Å². The SMILES string of the molecule is Cl.Cl.O=C(NC1CCCN(c2ncccn2)C1)C1COCCN1. The van der Waals surface area contributed by atoms with E-state index in [2.05, 4.69) is 25.5 Å². The minimum atomic E-state index is -0.234. The number of rotatable bonds is 3. The van der Waals surface area contributed by atoms with E-state index < -0.39 is 0 Å². The third-order valence-electron chi connectivity index (χ3n) is 3.84. The van der Waals surface area contributed by atoms with E-state index in [-0.39, 0.29) is 42.8 Å². The van der Waals surface area contributed by atoms with E-state index in [9.17, 15) is 4.79 Å². The Morgan fingerprint density at radius 3 is 2.83 bits per heavy atom. The molecule has 2 N–H and O–H groups in total. The van der Waals surface area contributed by atoms with E-state index in [0.29, 0.717) is 13.2 Å². The number of ether oxygens (including phenoxy) is 1. The summed E-state index contributed by atoms with van der Waals surface area (Å²) in [6, 6.07) is 1.71. The molecule has 23 heavy (non-hydrogen) atoms. The number of morpholine rings is 1. The lowest BCUT2D eigenvalue weighted by molar-refractivity contribution is -0.126. The molecule has 0 saturated carbocycles. The summed E-state index contributed by atoms with van der Waals surface area (Å²) in [6.45, 7) is 3.54. The van der Waals surface area contributed by atoms with Gasteiger partial charge in [0, 0.05) is 38.1 Å². The lowest BCUT2D eigenvalue weighted by Gasteiger charge is -2.34. The van der Waals surface area contributed by atoms with Crippen LogP contribution in [0.15, 0.2) is 18.5 Å². The second-order valence-corrected chi connectivity index (χ2v) is 5.42. The number of hydrogen-bond acceptors (Lipinski definition) is 6. The van der Waals surface area contributed by atoms with E-state index in [0.717, 1.165) is 38.4 Å². The first-order chi connectivity index (χ1) is 10.3. The van der Waals surface area contributed by atoms with Crippen LogP contribution in [0.3, 0.4) is 0 Å². The van der Waals surface area contributed by atoms with E-state index in [4.69, 9.17) is 4.74 Å². The zero-order valence-corrected chi connectivity index (χ0v) is 14.4. The van der Waals surface area contributed by atoms with E-state index >= 15 is 0 Å². The Labute approximate surface area is 148 Å². The monoisotopic (exact) mass is 363 g/mol. The molecule has 0 spiro atoms. The highest BCUT2D eigenvalue weighted by molar-refractivity contribution is 5.85. The van der Waals surface area contributed by atoms with Gasteiger partial charge in [-0.15, -0.1) is 24.8 Å². The third kappa shape index (κ3) is 5.46. The molecule has 0 bridgehead atoms. The third-order valence-corrected chi connectivity index (χ3v) is 3.84. The Morgan fingerprint density at radius 1 is 1.35 bits per heavy atom. The predicted octanol–water partition coefficient (Wildman–Crippen LogP) is 0.394. The highest BCUT2D eigenvalue weighted by Crippen LogP contribution is 2.15. The fourth-order valence-electron chi connectivity index (χ4n) is 2.77. The minimum absolute atomic E-state index is 0. The first-order valence-corrected chi connectivity index (χ1v) is 7.46. The number of anilines is 1. The molecule has 0 radical (unpaired) electrons. The number of nitrogens with one attached hydrogen (secondary N) is 2. The average molecular weight is 364 g/mol. The van der Waals surface area contributed by atoms with Crippen LogP contribution in [0.4, 0.5) is 5.95 Å². The van der Waals surface area contributed by atoms with Gasteiger partial charge < -0.3 is 20.3 Å². The highest BCUT2D eigenvalue weighted by Gasteiger charge is 2.27. The van der Waals surface area contributed by atoms with Crippen LogP contribution in [0.2, 0.25) is 0 Å². The fourth-order valence-corrected chi connectivity index (χ4v) is 2.77. The molecule has 0 aromatic carbocycles. The van der Waals surface area contributed by atoms with Crippen molar-refractivity contribution >= 4 is 36.7 Å². The van der Waals surface area contributed by atoms with Crippen molar-refractivity contribution < 1.29 is 9.53 Å². The normalized spacial score (nSPS) is 24.1. The van der Waals surface area contributed by atoms with Gasteiger partial charge in [-0.05, 0) is 18.9 Å².